The number of carbonyl (C=O) groups excluding carboxylic acids is 1. The van der Waals surface area contributed by atoms with E-state index >= 15 is 0 Å². The molecule has 1 aromatic carbocycles. The lowest BCUT2D eigenvalue weighted by atomic mass is 10.1. The smallest absolute Gasteiger partial charge is 0.327 e. The monoisotopic (exact) mass is 344 g/mol. The minimum Gasteiger partial charge on any atom is -0.496 e. The molecule has 0 saturated heterocycles. The SMILES string of the molecule is COC(=O)C(NCCN(C)C)c1cc(Br)ccc1OC. The molecule has 1 aromatic rings. The van der Waals surface area contributed by atoms with Gasteiger partial charge >= 0.3 is 5.97 Å². The second-order valence-corrected chi connectivity index (χ2v) is 5.52. The van der Waals surface area contributed by atoms with Crippen molar-refractivity contribution >= 4 is 21.9 Å². The zero-order valence-electron chi connectivity index (χ0n) is 12.3. The molecule has 1 unspecified atom stereocenters. The van der Waals surface area contributed by atoms with Crippen molar-refractivity contribution in [2.45, 2.75) is 6.04 Å². The average Bonchev–Trinajstić information content (AvgIpc) is 2.42. The lowest BCUT2D eigenvalue weighted by molar-refractivity contribution is -0.143. The highest BCUT2D eigenvalue weighted by atomic mass is 79.9. The number of esters is 1. The maximum Gasteiger partial charge on any atom is 0.327 e. The molecule has 0 aliphatic carbocycles. The van der Waals surface area contributed by atoms with E-state index in [9.17, 15) is 4.79 Å². The molecule has 0 aromatic heterocycles. The second kappa shape index (κ2) is 8.24. The van der Waals surface area contributed by atoms with Gasteiger partial charge in [0.05, 0.1) is 14.2 Å². The Morgan fingerprint density at radius 3 is 2.65 bits per heavy atom. The molecule has 0 fully saturated rings. The molecule has 0 heterocycles. The topological polar surface area (TPSA) is 50.8 Å². The first-order chi connectivity index (χ1) is 9.49. The molecule has 6 heteroatoms. The molecule has 0 radical (unpaired) electrons. The summed E-state index contributed by atoms with van der Waals surface area (Å²) in [5.74, 6) is 0.320. The first kappa shape index (κ1) is 16.9. The Balaban J connectivity index is 2.98. The molecule has 1 N–H and O–H groups in total. The van der Waals surface area contributed by atoms with Gasteiger partial charge in [0.25, 0.3) is 0 Å². The predicted octanol–water partition coefficient (Wildman–Crippen LogP) is 1.82. The fraction of sp³-hybridized carbons (Fsp3) is 0.500. The maximum absolute atomic E-state index is 12.0. The van der Waals surface area contributed by atoms with Crippen molar-refractivity contribution in [1.29, 1.82) is 0 Å². The van der Waals surface area contributed by atoms with E-state index in [1.165, 1.54) is 7.11 Å². The maximum atomic E-state index is 12.0. The van der Waals surface area contributed by atoms with Crippen molar-refractivity contribution in [2.24, 2.45) is 0 Å². The largest absolute Gasteiger partial charge is 0.496 e. The number of rotatable bonds is 7. The number of likely N-dealkylation sites (N-methyl/N-ethyl adjacent to an activating group) is 1. The molecule has 0 amide bonds. The van der Waals surface area contributed by atoms with E-state index in [1.807, 2.05) is 37.2 Å². The van der Waals surface area contributed by atoms with E-state index in [4.69, 9.17) is 9.47 Å². The second-order valence-electron chi connectivity index (χ2n) is 4.60. The van der Waals surface area contributed by atoms with Gasteiger partial charge in [-0.3, -0.25) is 5.32 Å². The Labute approximate surface area is 128 Å². The molecule has 0 saturated carbocycles. The third kappa shape index (κ3) is 4.77. The van der Waals surface area contributed by atoms with Gasteiger partial charge in [0.1, 0.15) is 11.8 Å². The third-order valence-electron chi connectivity index (χ3n) is 2.85. The van der Waals surface area contributed by atoms with Gasteiger partial charge in [-0.2, -0.15) is 0 Å². The van der Waals surface area contributed by atoms with Crippen LogP contribution in [-0.2, 0) is 9.53 Å². The van der Waals surface area contributed by atoms with E-state index in [0.29, 0.717) is 12.3 Å². The summed E-state index contributed by atoms with van der Waals surface area (Å²) in [5, 5.41) is 3.20. The predicted molar refractivity (Wildman–Crippen MR) is 82.0 cm³/mol. The van der Waals surface area contributed by atoms with Crippen LogP contribution in [0.5, 0.6) is 5.75 Å². The number of halogens is 1. The minimum absolute atomic E-state index is 0.333. The number of hydrogen-bond donors (Lipinski definition) is 1. The lowest BCUT2D eigenvalue weighted by Gasteiger charge is -2.20. The molecule has 0 spiro atoms. The highest BCUT2D eigenvalue weighted by Gasteiger charge is 2.24. The number of carbonyl (C=O) groups is 1. The van der Waals surface area contributed by atoms with Gasteiger partial charge in [0.2, 0.25) is 0 Å². The van der Waals surface area contributed by atoms with Gasteiger partial charge in [-0.05, 0) is 32.3 Å². The fourth-order valence-corrected chi connectivity index (χ4v) is 2.18. The molecule has 20 heavy (non-hydrogen) atoms. The normalized spacial score (nSPS) is 12.3. The molecule has 1 atom stereocenters. The van der Waals surface area contributed by atoms with Gasteiger partial charge in [0.15, 0.2) is 0 Å². The molecular formula is C14H21BrN2O3. The molecule has 0 aliphatic rings. The molecule has 0 aliphatic heterocycles. The number of nitrogens with one attached hydrogen (secondary N) is 1. The first-order valence-electron chi connectivity index (χ1n) is 6.29. The Morgan fingerprint density at radius 2 is 2.10 bits per heavy atom. The first-order valence-corrected chi connectivity index (χ1v) is 7.08. The van der Waals surface area contributed by atoms with Crippen LogP contribution in [0, 0.1) is 0 Å². The summed E-state index contributed by atoms with van der Waals surface area (Å²) in [4.78, 5) is 14.0. The van der Waals surface area contributed by atoms with Crippen molar-refractivity contribution in [3.05, 3.63) is 28.2 Å². The van der Waals surface area contributed by atoms with Crippen molar-refractivity contribution in [3.63, 3.8) is 0 Å². The molecule has 1 rings (SSSR count). The Morgan fingerprint density at radius 1 is 1.40 bits per heavy atom. The van der Waals surface area contributed by atoms with Crippen LogP contribution in [-0.4, -0.2) is 52.3 Å². The summed E-state index contributed by atoms with van der Waals surface area (Å²) in [6, 6.07) is 5.01. The standard InChI is InChI=1S/C14H21BrN2O3/c1-17(2)8-7-16-13(14(18)20-4)11-9-10(15)5-6-12(11)19-3/h5-6,9,13,16H,7-8H2,1-4H3. The zero-order chi connectivity index (χ0) is 15.1. The molecule has 112 valence electrons. The van der Waals surface area contributed by atoms with Crippen LogP contribution in [0.2, 0.25) is 0 Å². The lowest BCUT2D eigenvalue weighted by Crippen LogP contribution is -2.34. The van der Waals surface area contributed by atoms with E-state index in [-0.39, 0.29) is 5.97 Å². The number of ether oxygens (including phenoxy) is 2. The van der Waals surface area contributed by atoms with Gasteiger partial charge in [-0.15, -0.1) is 0 Å². The number of hydrogen-bond acceptors (Lipinski definition) is 5. The van der Waals surface area contributed by atoms with E-state index < -0.39 is 6.04 Å². The average molecular weight is 345 g/mol. The van der Waals surface area contributed by atoms with Crippen LogP contribution in [0.1, 0.15) is 11.6 Å². The van der Waals surface area contributed by atoms with Gasteiger partial charge in [0, 0.05) is 23.1 Å². The van der Waals surface area contributed by atoms with Crippen molar-refractivity contribution in [2.75, 3.05) is 41.4 Å². The molecule has 5 nitrogen and oxygen atoms in total. The van der Waals surface area contributed by atoms with Crippen LogP contribution in [0.15, 0.2) is 22.7 Å². The summed E-state index contributed by atoms with van der Waals surface area (Å²) >= 11 is 3.41. The summed E-state index contributed by atoms with van der Waals surface area (Å²) in [7, 11) is 6.93. The summed E-state index contributed by atoms with van der Waals surface area (Å²) < 4.78 is 11.1. The van der Waals surface area contributed by atoms with Crippen LogP contribution >= 0.6 is 15.9 Å². The molecule has 0 bridgehead atoms. The van der Waals surface area contributed by atoms with Crippen molar-refractivity contribution in [3.8, 4) is 5.75 Å². The number of methoxy groups -OCH3 is 2. The van der Waals surface area contributed by atoms with E-state index in [0.717, 1.165) is 16.6 Å². The minimum atomic E-state index is -0.549. The van der Waals surface area contributed by atoms with Crippen molar-refractivity contribution in [1.82, 2.24) is 10.2 Å². The van der Waals surface area contributed by atoms with Crippen LogP contribution in [0.4, 0.5) is 0 Å². The molecular weight excluding hydrogens is 324 g/mol. The number of benzene rings is 1. The van der Waals surface area contributed by atoms with Crippen LogP contribution < -0.4 is 10.1 Å². The highest BCUT2D eigenvalue weighted by Crippen LogP contribution is 2.29. The summed E-state index contributed by atoms with van der Waals surface area (Å²) in [6.45, 7) is 1.49. The Kier molecular flexibility index (Phi) is 6.98. The van der Waals surface area contributed by atoms with E-state index in [2.05, 4.69) is 21.2 Å². The van der Waals surface area contributed by atoms with Crippen LogP contribution in [0.25, 0.3) is 0 Å². The Bertz CT molecular complexity index is 452. The quantitative estimate of drug-likeness (QED) is 0.764. The van der Waals surface area contributed by atoms with Crippen LogP contribution in [0.3, 0.4) is 0 Å². The van der Waals surface area contributed by atoms with E-state index in [1.54, 1.807) is 7.11 Å². The fourth-order valence-electron chi connectivity index (χ4n) is 1.80. The highest BCUT2D eigenvalue weighted by molar-refractivity contribution is 9.10. The summed E-state index contributed by atoms with van der Waals surface area (Å²) in [6.07, 6.45) is 0. The van der Waals surface area contributed by atoms with Gasteiger partial charge < -0.3 is 14.4 Å². The van der Waals surface area contributed by atoms with Crippen molar-refractivity contribution < 1.29 is 14.3 Å². The zero-order valence-corrected chi connectivity index (χ0v) is 13.9. The van der Waals surface area contributed by atoms with Gasteiger partial charge in [-0.25, -0.2) is 4.79 Å². The number of nitrogens with zero attached hydrogens (tertiary/aromatic N) is 1. The summed E-state index contributed by atoms with van der Waals surface area (Å²) in [5.41, 5.74) is 0.757. The van der Waals surface area contributed by atoms with Gasteiger partial charge in [-0.1, -0.05) is 15.9 Å². The Hall–Kier alpha value is -1.11. The third-order valence-corrected chi connectivity index (χ3v) is 3.34.